The molecule has 0 saturated carbocycles. The molecule has 202 valence electrons. The summed E-state index contributed by atoms with van der Waals surface area (Å²) in [5, 5.41) is 8.42. The Morgan fingerprint density at radius 1 is 0.875 bits per heavy atom. The van der Waals surface area contributed by atoms with E-state index in [9.17, 15) is 18.8 Å². The highest BCUT2D eigenvalue weighted by atomic mass is 79.9. The Balaban J connectivity index is 1.45. The highest BCUT2D eigenvalue weighted by molar-refractivity contribution is 9.10. The average molecular weight is 639 g/mol. The molecule has 0 bridgehead atoms. The van der Waals surface area contributed by atoms with Crippen LogP contribution in [-0.4, -0.2) is 23.5 Å². The first-order valence-electron chi connectivity index (χ1n) is 11.9. The summed E-state index contributed by atoms with van der Waals surface area (Å²) in [4.78, 5) is 39.2. The zero-order valence-electron chi connectivity index (χ0n) is 20.8. The molecule has 0 unspecified atom stereocenters. The van der Waals surface area contributed by atoms with E-state index in [1.165, 1.54) is 30.0 Å². The SMILES string of the molecule is O=C(CSc1cccc(NC(=O)/C(=C\c2ccccc2Cl)NC(=O)c2ccccc2)c1)Nc1ccc(Br)cc1F. The summed E-state index contributed by atoms with van der Waals surface area (Å²) in [5.74, 6) is -1.91. The molecule has 0 radical (unpaired) electrons. The maximum absolute atomic E-state index is 14.0. The third kappa shape index (κ3) is 8.29. The van der Waals surface area contributed by atoms with Gasteiger partial charge >= 0.3 is 0 Å². The lowest BCUT2D eigenvalue weighted by molar-refractivity contribution is -0.114. The number of carbonyl (C=O) groups excluding carboxylic acids is 3. The standard InChI is InChI=1S/C30H22BrClFN3O3S/c31-21-13-14-26(25(33)16-21)35-28(37)18-40-23-11-6-10-22(17-23)34-30(39)27(15-20-9-4-5-12-24(20)32)36-29(38)19-7-2-1-3-8-19/h1-17H,18H2,(H,34,39)(H,35,37)(H,36,38)/b27-15+. The van der Waals surface area contributed by atoms with Crippen molar-refractivity contribution in [1.29, 1.82) is 0 Å². The average Bonchev–Trinajstić information content (AvgIpc) is 2.95. The van der Waals surface area contributed by atoms with E-state index in [4.69, 9.17) is 11.6 Å². The smallest absolute Gasteiger partial charge is 0.272 e. The molecule has 3 amide bonds. The molecule has 0 saturated heterocycles. The molecule has 3 N–H and O–H groups in total. The Bertz CT molecular complexity index is 1580. The van der Waals surface area contributed by atoms with Gasteiger partial charge in [-0.05, 0) is 66.2 Å². The van der Waals surface area contributed by atoms with Gasteiger partial charge in [-0.15, -0.1) is 11.8 Å². The molecular formula is C30H22BrClFN3O3S. The van der Waals surface area contributed by atoms with Crippen LogP contribution in [-0.2, 0) is 9.59 Å². The van der Waals surface area contributed by atoms with Gasteiger partial charge in [0, 0.05) is 25.6 Å². The predicted octanol–water partition coefficient (Wildman–Crippen LogP) is 7.38. The Morgan fingerprint density at radius 3 is 2.38 bits per heavy atom. The van der Waals surface area contributed by atoms with Gasteiger partial charge in [0.2, 0.25) is 5.91 Å². The Kier molecular flexibility index (Phi) is 10.1. The molecule has 0 aromatic heterocycles. The van der Waals surface area contributed by atoms with E-state index in [0.717, 1.165) is 0 Å². The quantitative estimate of drug-likeness (QED) is 0.132. The summed E-state index contributed by atoms with van der Waals surface area (Å²) >= 11 is 10.7. The van der Waals surface area contributed by atoms with E-state index >= 15 is 0 Å². The molecule has 40 heavy (non-hydrogen) atoms. The van der Waals surface area contributed by atoms with E-state index in [0.29, 0.717) is 31.2 Å². The molecular weight excluding hydrogens is 617 g/mol. The predicted molar refractivity (Wildman–Crippen MR) is 162 cm³/mol. The van der Waals surface area contributed by atoms with Crippen molar-refractivity contribution >= 4 is 74.5 Å². The Hall–Kier alpha value is -3.92. The van der Waals surface area contributed by atoms with E-state index in [-0.39, 0.29) is 23.0 Å². The first-order chi connectivity index (χ1) is 19.3. The van der Waals surface area contributed by atoms with Crippen molar-refractivity contribution in [3.05, 3.63) is 129 Å². The Morgan fingerprint density at radius 2 is 1.62 bits per heavy atom. The monoisotopic (exact) mass is 637 g/mol. The van der Waals surface area contributed by atoms with Crippen LogP contribution in [0.25, 0.3) is 6.08 Å². The van der Waals surface area contributed by atoms with Crippen molar-refractivity contribution in [3.8, 4) is 0 Å². The molecule has 10 heteroatoms. The van der Waals surface area contributed by atoms with Gasteiger partial charge in [-0.2, -0.15) is 0 Å². The number of anilines is 2. The number of carbonyl (C=O) groups is 3. The molecule has 0 aliphatic carbocycles. The molecule has 0 aliphatic heterocycles. The number of hydrogen-bond donors (Lipinski definition) is 3. The van der Waals surface area contributed by atoms with Gasteiger partial charge in [0.25, 0.3) is 11.8 Å². The first kappa shape index (κ1) is 29.1. The second-order valence-corrected chi connectivity index (χ2v) is 10.7. The number of nitrogens with one attached hydrogen (secondary N) is 3. The van der Waals surface area contributed by atoms with Crippen molar-refractivity contribution in [3.63, 3.8) is 0 Å². The third-order valence-corrected chi connectivity index (χ3v) is 7.23. The maximum Gasteiger partial charge on any atom is 0.272 e. The van der Waals surface area contributed by atoms with Crippen LogP contribution in [0.15, 0.2) is 112 Å². The molecule has 0 fully saturated rings. The number of benzene rings is 4. The van der Waals surface area contributed by atoms with Gasteiger partial charge in [-0.1, -0.05) is 70.0 Å². The number of hydrogen-bond acceptors (Lipinski definition) is 4. The van der Waals surface area contributed by atoms with Crippen molar-refractivity contribution in [2.75, 3.05) is 16.4 Å². The molecule has 0 heterocycles. The van der Waals surface area contributed by atoms with Crippen LogP contribution >= 0.6 is 39.3 Å². The number of thioether (sulfide) groups is 1. The van der Waals surface area contributed by atoms with Crippen molar-refractivity contribution in [2.24, 2.45) is 0 Å². The van der Waals surface area contributed by atoms with E-state index in [1.807, 2.05) is 0 Å². The number of rotatable bonds is 9. The largest absolute Gasteiger partial charge is 0.323 e. The van der Waals surface area contributed by atoms with Gasteiger partial charge in [0.1, 0.15) is 11.5 Å². The van der Waals surface area contributed by atoms with Crippen molar-refractivity contribution < 1.29 is 18.8 Å². The number of amides is 3. The lowest BCUT2D eigenvalue weighted by Gasteiger charge is -2.12. The van der Waals surface area contributed by atoms with Crippen molar-refractivity contribution in [2.45, 2.75) is 4.90 Å². The molecule has 4 aromatic carbocycles. The molecule has 0 aliphatic rings. The zero-order chi connectivity index (χ0) is 28.5. The minimum absolute atomic E-state index is 0.00379. The van der Waals surface area contributed by atoms with Crippen LogP contribution in [0.1, 0.15) is 15.9 Å². The fourth-order valence-corrected chi connectivity index (χ4v) is 4.76. The van der Waals surface area contributed by atoms with Crippen LogP contribution in [0.4, 0.5) is 15.8 Å². The maximum atomic E-state index is 14.0. The summed E-state index contributed by atoms with van der Waals surface area (Å²) in [6, 6.07) is 26.7. The minimum atomic E-state index is -0.560. The Labute approximate surface area is 248 Å². The normalized spacial score (nSPS) is 11.0. The molecule has 6 nitrogen and oxygen atoms in total. The third-order valence-electron chi connectivity index (χ3n) is 5.40. The summed E-state index contributed by atoms with van der Waals surface area (Å²) in [7, 11) is 0. The van der Waals surface area contributed by atoms with Crippen LogP contribution in [0.3, 0.4) is 0 Å². The lowest BCUT2D eigenvalue weighted by Crippen LogP contribution is -2.30. The van der Waals surface area contributed by atoms with Crippen LogP contribution in [0.2, 0.25) is 5.02 Å². The topological polar surface area (TPSA) is 87.3 Å². The van der Waals surface area contributed by atoms with E-state index in [1.54, 1.807) is 84.9 Å². The molecule has 0 atom stereocenters. The highest BCUT2D eigenvalue weighted by Gasteiger charge is 2.16. The van der Waals surface area contributed by atoms with Gasteiger partial charge < -0.3 is 16.0 Å². The molecule has 0 spiro atoms. The van der Waals surface area contributed by atoms with E-state index < -0.39 is 17.6 Å². The van der Waals surface area contributed by atoms with Crippen LogP contribution < -0.4 is 16.0 Å². The van der Waals surface area contributed by atoms with Gasteiger partial charge in [0.15, 0.2) is 0 Å². The van der Waals surface area contributed by atoms with Crippen LogP contribution in [0, 0.1) is 5.82 Å². The zero-order valence-corrected chi connectivity index (χ0v) is 23.9. The lowest BCUT2D eigenvalue weighted by atomic mass is 10.1. The second-order valence-electron chi connectivity index (χ2n) is 8.34. The summed E-state index contributed by atoms with van der Waals surface area (Å²) in [6.07, 6.45) is 1.50. The van der Waals surface area contributed by atoms with E-state index in [2.05, 4.69) is 31.9 Å². The fraction of sp³-hybridized carbons (Fsp3) is 0.0333. The first-order valence-corrected chi connectivity index (χ1v) is 14.1. The molecule has 4 rings (SSSR count). The number of halogens is 3. The summed E-state index contributed by atoms with van der Waals surface area (Å²) in [6.45, 7) is 0. The summed E-state index contributed by atoms with van der Waals surface area (Å²) < 4.78 is 14.6. The van der Waals surface area contributed by atoms with Crippen LogP contribution in [0.5, 0.6) is 0 Å². The van der Waals surface area contributed by atoms with Gasteiger partial charge in [-0.25, -0.2) is 4.39 Å². The van der Waals surface area contributed by atoms with Crippen molar-refractivity contribution in [1.82, 2.24) is 5.32 Å². The van der Waals surface area contributed by atoms with Gasteiger partial charge in [-0.3, -0.25) is 14.4 Å². The van der Waals surface area contributed by atoms with Gasteiger partial charge in [0.05, 0.1) is 11.4 Å². The second kappa shape index (κ2) is 13.9. The summed E-state index contributed by atoms with van der Waals surface area (Å²) in [5.41, 5.74) is 1.48. The minimum Gasteiger partial charge on any atom is -0.323 e. The highest BCUT2D eigenvalue weighted by Crippen LogP contribution is 2.24. The fourth-order valence-electron chi connectivity index (χ4n) is 3.48. The molecule has 4 aromatic rings.